The molecule has 0 spiro atoms. The van der Waals surface area contributed by atoms with E-state index < -0.39 is 17.6 Å². The number of carbonyl (C=O) groups excluding carboxylic acids is 2. The fourth-order valence-electron chi connectivity index (χ4n) is 2.94. The average Bonchev–Trinajstić information content (AvgIpc) is 2.95. The van der Waals surface area contributed by atoms with E-state index in [0.717, 1.165) is 0 Å². The van der Waals surface area contributed by atoms with E-state index in [0.29, 0.717) is 22.1 Å². The SMILES string of the molecule is CC(=O)Oc1cc2cc3oc(=O)c(-c4ccccc4)c-3oc2cc1OC(C)=O. The maximum Gasteiger partial charge on any atom is 0.348 e. The van der Waals surface area contributed by atoms with Crippen molar-refractivity contribution in [2.45, 2.75) is 13.8 Å². The molecule has 0 aromatic heterocycles. The van der Waals surface area contributed by atoms with Crippen molar-refractivity contribution in [3.05, 3.63) is 59.0 Å². The van der Waals surface area contributed by atoms with Gasteiger partial charge in [0.15, 0.2) is 23.0 Å². The van der Waals surface area contributed by atoms with Crippen LogP contribution in [0.4, 0.5) is 0 Å². The van der Waals surface area contributed by atoms with Gasteiger partial charge in [0.1, 0.15) is 11.1 Å². The van der Waals surface area contributed by atoms with Crippen molar-refractivity contribution in [2.24, 2.45) is 0 Å². The van der Waals surface area contributed by atoms with Gasteiger partial charge in [-0.05, 0) is 17.7 Å². The van der Waals surface area contributed by atoms with Crippen LogP contribution in [-0.4, -0.2) is 11.9 Å². The number of rotatable bonds is 3. The number of benzene rings is 2. The summed E-state index contributed by atoms with van der Waals surface area (Å²) in [6.45, 7) is 2.47. The highest BCUT2D eigenvalue weighted by Gasteiger charge is 2.24. The second-order valence-corrected chi connectivity index (χ2v) is 6.09. The van der Waals surface area contributed by atoms with E-state index in [4.69, 9.17) is 18.3 Å². The lowest BCUT2D eigenvalue weighted by Gasteiger charge is -2.11. The number of hydrogen-bond acceptors (Lipinski definition) is 7. The number of esters is 2. The molecule has 0 N–H and O–H groups in total. The van der Waals surface area contributed by atoms with Crippen molar-refractivity contribution in [3.63, 3.8) is 0 Å². The zero-order chi connectivity index (χ0) is 19.8. The van der Waals surface area contributed by atoms with Gasteiger partial charge in [-0.15, -0.1) is 0 Å². The van der Waals surface area contributed by atoms with Crippen LogP contribution in [-0.2, 0) is 9.59 Å². The minimum atomic E-state index is -0.580. The molecule has 2 heterocycles. The summed E-state index contributed by atoms with van der Waals surface area (Å²) >= 11 is 0. The molecule has 0 unspecified atom stereocenters. The van der Waals surface area contributed by atoms with Crippen molar-refractivity contribution in [1.29, 1.82) is 0 Å². The topological polar surface area (TPSA) is 96.0 Å². The van der Waals surface area contributed by atoms with Crippen molar-refractivity contribution >= 4 is 22.9 Å². The van der Waals surface area contributed by atoms with E-state index in [1.807, 2.05) is 6.07 Å². The smallest absolute Gasteiger partial charge is 0.348 e. The Morgan fingerprint density at radius 1 is 0.857 bits per heavy atom. The summed E-state index contributed by atoms with van der Waals surface area (Å²) in [5, 5.41) is 0.507. The first kappa shape index (κ1) is 17.5. The van der Waals surface area contributed by atoms with Gasteiger partial charge in [0, 0.05) is 25.3 Å². The summed E-state index contributed by atoms with van der Waals surface area (Å²) in [4.78, 5) is 35.1. The van der Waals surface area contributed by atoms with Gasteiger partial charge in [0.05, 0.1) is 0 Å². The molecule has 140 valence electrons. The first-order valence-corrected chi connectivity index (χ1v) is 8.39. The number of carbonyl (C=O) groups is 2. The summed E-state index contributed by atoms with van der Waals surface area (Å²) in [5.74, 6) is -0.531. The number of hydrogen-bond donors (Lipinski definition) is 0. The number of fused-ring (bicyclic) bond motifs is 2. The minimum absolute atomic E-state index is 0.0328. The average molecular weight is 378 g/mol. The Bertz CT molecular complexity index is 1230. The fourth-order valence-corrected chi connectivity index (χ4v) is 2.94. The molecule has 0 radical (unpaired) electrons. The molecule has 4 rings (SSSR count). The highest BCUT2D eigenvalue weighted by atomic mass is 16.6. The Balaban J connectivity index is 1.97. The van der Waals surface area contributed by atoms with Crippen LogP contribution in [0.15, 0.2) is 62.2 Å². The molecular formula is C21H14O7. The molecule has 0 bridgehead atoms. The van der Waals surface area contributed by atoms with E-state index in [9.17, 15) is 14.4 Å². The van der Waals surface area contributed by atoms with E-state index in [2.05, 4.69) is 0 Å². The molecule has 2 aromatic rings. The van der Waals surface area contributed by atoms with E-state index in [1.54, 1.807) is 30.3 Å². The van der Waals surface area contributed by atoms with E-state index in [-0.39, 0.29) is 23.0 Å². The third kappa shape index (κ3) is 3.14. The van der Waals surface area contributed by atoms with Crippen LogP contribution in [0.1, 0.15) is 13.8 Å². The van der Waals surface area contributed by atoms with Crippen molar-refractivity contribution in [3.8, 4) is 34.1 Å². The molecule has 7 heteroatoms. The molecule has 0 amide bonds. The second-order valence-electron chi connectivity index (χ2n) is 6.09. The van der Waals surface area contributed by atoms with E-state index >= 15 is 0 Å². The van der Waals surface area contributed by atoms with Crippen LogP contribution in [0.3, 0.4) is 0 Å². The Labute approximate surface area is 158 Å². The van der Waals surface area contributed by atoms with Gasteiger partial charge in [-0.1, -0.05) is 30.3 Å². The van der Waals surface area contributed by atoms with Gasteiger partial charge >= 0.3 is 17.6 Å². The lowest BCUT2D eigenvalue weighted by Crippen LogP contribution is -2.07. The van der Waals surface area contributed by atoms with Crippen LogP contribution >= 0.6 is 0 Å². The molecule has 2 aliphatic rings. The van der Waals surface area contributed by atoms with Gasteiger partial charge < -0.3 is 18.3 Å². The summed E-state index contributed by atoms with van der Waals surface area (Å²) in [6, 6.07) is 13.5. The Kier molecular flexibility index (Phi) is 4.19. The summed E-state index contributed by atoms with van der Waals surface area (Å²) in [5.41, 5.74) is 0.764. The second kappa shape index (κ2) is 6.70. The lowest BCUT2D eigenvalue weighted by molar-refractivity contribution is -0.134. The lowest BCUT2D eigenvalue weighted by atomic mass is 10.1. The third-order valence-electron chi connectivity index (χ3n) is 4.00. The number of furan rings is 1. The normalized spacial score (nSPS) is 10.9. The fraction of sp³-hybridized carbons (Fsp3) is 0.0952. The molecular weight excluding hydrogens is 364 g/mol. The highest BCUT2D eigenvalue weighted by molar-refractivity contribution is 5.90. The standard InChI is InChI=1S/C21H14O7/c1-11(22)25-16-8-14-9-18-20(27-15(14)10-17(16)26-12(2)23)19(21(24)28-18)13-6-4-3-5-7-13/h3-10H,1-2H3. The van der Waals surface area contributed by atoms with Crippen LogP contribution in [0.5, 0.6) is 11.5 Å². The first-order valence-electron chi connectivity index (χ1n) is 8.39. The summed E-state index contributed by atoms with van der Waals surface area (Å²) in [7, 11) is 0. The molecule has 2 aliphatic heterocycles. The molecule has 0 fully saturated rings. The van der Waals surface area contributed by atoms with Gasteiger partial charge in [0.25, 0.3) is 0 Å². The van der Waals surface area contributed by atoms with Gasteiger partial charge in [-0.25, -0.2) is 4.79 Å². The van der Waals surface area contributed by atoms with Crippen molar-refractivity contribution in [1.82, 2.24) is 0 Å². The third-order valence-corrected chi connectivity index (χ3v) is 4.00. The van der Waals surface area contributed by atoms with Gasteiger partial charge in [0.2, 0.25) is 0 Å². The van der Waals surface area contributed by atoms with Crippen LogP contribution in [0, 0.1) is 0 Å². The Morgan fingerprint density at radius 3 is 2.14 bits per heavy atom. The van der Waals surface area contributed by atoms with Crippen LogP contribution in [0.2, 0.25) is 0 Å². The molecule has 0 saturated heterocycles. The molecule has 0 atom stereocenters. The first-order chi connectivity index (χ1) is 13.4. The number of ether oxygens (including phenoxy) is 2. The highest BCUT2D eigenvalue weighted by Crippen LogP contribution is 2.39. The molecule has 7 nitrogen and oxygen atoms in total. The van der Waals surface area contributed by atoms with Crippen LogP contribution in [0.25, 0.3) is 33.6 Å². The van der Waals surface area contributed by atoms with Gasteiger partial charge in [-0.2, -0.15) is 0 Å². The summed E-state index contributed by atoms with van der Waals surface area (Å²) < 4.78 is 21.5. The summed E-state index contributed by atoms with van der Waals surface area (Å²) in [6.07, 6.45) is 0. The van der Waals surface area contributed by atoms with Crippen molar-refractivity contribution < 1.29 is 27.9 Å². The molecule has 0 saturated carbocycles. The Morgan fingerprint density at radius 2 is 1.50 bits per heavy atom. The minimum Gasteiger partial charge on any atom is -0.452 e. The Hall–Kier alpha value is -3.87. The van der Waals surface area contributed by atoms with Gasteiger partial charge in [-0.3, -0.25) is 9.59 Å². The monoisotopic (exact) mass is 378 g/mol. The largest absolute Gasteiger partial charge is 0.452 e. The van der Waals surface area contributed by atoms with Crippen LogP contribution < -0.4 is 15.1 Å². The predicted molar refractivity (Wildman–Crippen MR) is 99.4 cm³/mol. The molecule has 0 aliphatic carbocycles. The predicted octanol–water partition coefficient (Wildman–Crippen LogP) is 4.01. The van der Waals surface area contributed by atoms with Crippen molar-refractivity contribution in [2.75, 3.05) is 0 Å². The molecule has 28 heavy (non-hydrogen) atoms. The zero-order valence-corrected chi connectivity index (χ0v) is 15.0. The molecule has 2 aromatic carbocycles. The maximum atomic E-state index is 12.4. The quantitative estimate of drug-likeness (QED) is 0.392. The van der Waals surface area contributed by atoms with E-state index in [1.165, 1.54) is 26.0 Å². The zero-order valence-electron chi connectivity index (χ0n) is 15.0. The maximum absolute atomic E-state index is 12.4.